The summed E-state index contributed by atoms with van der Waals surface area (Å²) in [5.74, 6) is 0.0329. The predicted octanol–water partition coefficient (Wildman–Crippen LogP) is 4.09. The molecule has 2 rings (SSSR count). The van der Waals surface area contributed by atoms with Crippen molar-refractivity contribution in [2.75, 3.05) is 13.2 Å². The van der Waals surface area contributed by atoms with Crippen LogP contribution in [0.25, 0.3) is 0 Å². The van der Waals surface area contributed by atoms with E-state index < -0.39 is 11.8 Å². The molecule has 2 amide bonds. The van der Waals surface area contributed by atoms with E-state index in [-0.39, 0.29) is 13.2 Å². The van der Waals surface area contributed by atoms with Gasteiger partial charge in [-0.15, -0.1) is 0 Å². The molecule has 0 unspecified atom stereocenters. The van der Waals surface area contributed by atoms with E-state index in [2.05, 4.69) is 42.7 Å². The van der Waals surface area contributed by atoms with Gasteiger partial charge in [-0.2, -0.15) is 0 Å². The molecule has 0 aliphatic heterocycles. The average molecular weight is 521 g/mol. The third-order valence-corrected chi connectivity index (χ3v) is 5.08. The van der Waals surface area contributed by atoms with E-state index in [1.54, 1.807) is 30.3 Å². The molecule has 0 aliphatic carbocycles. The summed E-state index contributed by atoms with van der Waals surface area (Å²) in [7, 11) is 0. The Morgan fingerprint density at radius 2 is 1.52 bits per heavy atom. The van der Waals surface area contributed by atoms with Crippen molar-refractivity contribution in [3.8, 4) is 11.5 Å². The number of amides is 2. The standard InChI is InChI=1S/C18H17Br2ClN2O4/c1-10-5-13(6-11(2)18(10)21)26-8-16(24)22-23-17(25)9-27-15-4-3-12(19)7-14(15)20/h3-7H,8-9H2,1-2H3,(H,22,24)(H,23,25). The molecule has 2 aromatic carbocycles. The first-order valence-corrected chi connectivity index (χ1v) is 9.77. The molecular formula is C18H17Br2ClN2O4. The monoisotopic (exact) mass is 518 g/mol. The quantitative estimate of drug-likeness (QED) is 0.563. The molecule has 0 atom stereocenters. The van der Waals surface area contributed by atoms with Crippen LogP contribution in [0.1, 0.15) is 11.1 Å². The fourth-order valence-electron chi connectivity index (χ4n) is 2.09. The summed E-state index contributed by atoms with van der Waals surface area (Å²) in [6, 6.07) is 8.78. The fraction of sp³-hybridized carbons (Fsp3) is 0.222. The number of halogens is 3. The van der Waals surface area contributed by atoms with Gasteiger partial charge in [-0.25, -0.2) is 0 Å². The summed E-state index contributed by atoms with van der Waals surface area (Å²) < 4.78 is 12.4. The Morgan fingerprint density at radius 1 is 0.963 bits per heavy atom. The van der Waals surface area contributed by atoms with Crippen molar-refractivity contribution in [3.05, 3.63) is 55.4 Å². The highest BCUT2D eigenvalue weighted by molar-refractivity contribution is 9.11. The van der Waals surface area contributed by atoms with Gasteiger partial charge in [-0.05, 0) is 71.2 Å². The molecule has 6 nitrogen and oxygen atoms in total. The fourth-order valence-corrected chi connectivity index (χ4v) is 3.36. The zero-order chi connectivity index (χ0) is 20.0. The lowest BCUT2D eigenvalue weighted by Crippen LogP contribution is -2.45. The Labute approximate surface area is 178 Å². The van der Waals surface area contributed by atoms with E-state index in [0.717, 1.165) is 15.6 Å². The van der Waals surface area contributed by atoms with E-state index in [1.165, 1.54) is 0 Å². The topological polar surface area (TPSA) is 76.7 Å². The summed E-state index contributed by atoms with van der Waals surface area (Å²) in [4.78, 5) is 23.6. The van der Waals surface area contributed by atoms with Crippen LogP contribution in [0.5, 0.6) is 11.5 Å². The molecule has 0 saturated carbocycles. The lowest BCUT2D eigenvalue weighted by Gasteiger charge is -2.11. The van der Waals surface area contributed by atoms with Crippen molar-refractivity contribution in [2.45, 2.75) is 13.8 Å². The molecule has 0 saturated heterocycles. The predicted molar refractivity (Wildman–Crippen MR) is 110 cm³/mol. The number of nitrogens with one attached hydrogen (secondary N) is 2. The van der Waals surface area contributed by atoms with Gasteiger partial charge in [0.05, 0.1) is 4.47 Å². The van der Waals surface area contributed by atoms with E-state index in [0.29, 0.717) is 21.0 Å². The summed E-state index contributed by atoms with van der Waals surface area (Å²) in [5, 5.41) is 0.663. The van der Waals surface area contributed by atoms with Gasteiger partial charge in [0.2, 0.25) is 0 Å². The van der Waals surface area contributed by atoms with Crippen LogP contribution in [0.2, 0.25) is 5.02 Å². The molecular weight excluding hydrogens is 503 g/mol. The van der Waals surface area contributed by atoms with Crippen LogP contribution >= 0.6 is 43.5 Å². The van der Waals surface area contributed by atoms with Crippen LogP contribution in [0.4, 0.5) is 0 Å². The van der Waals surface area contributed by atoms with Crippen molar-refractivity contribution in [2.24, 2.45) is 0 Å². The highest BCUT2D eigenvalue weighted by Crippen LogP contribution is 2.28. The number of hydrogen-bond donors (Lipinski definition) is 2. The highest BCUT2D eigenvalue weighted by Gasteiger charge is 2.09. The third-order valence-electron chi connectivity index (χ3n) is 3.37. The smallest absolute Gasteiger partial charge is 0.276 e. The van der Waals surface area contributed by atoms with Gasteiger partial charge in [0.25, 0.3) is 11.8 Å². The Bertz CT molecular complexity index is 838. The largest absolute Gasteiger partial charge is 0.484 e. The minimum absolute atomic E-state index is 0.250. The third kappa shape index (κ3) is 6.71. The number of rotatable bonds is 6. The number of ether oxygens (including phenoxy) is 2. The van der Waals surface area contributed by atoms with Crippen LogP contribution in [0.15, 0.2) is 39.3 Å². The number of hydrazine groups is 1. The van der Waals surface area contributed by atoms with Crippen molar-refractivity contribution >= 4 is 55.3 Å². The van der Waals surface area contributed by atoms with Crippen molar-refractivity contribution in [1.82, 2.24) is 10.9 Å². The minimum Gasteiger partial charge on any atom is -0.484 e. The molecule has 0 aromatic heterocycles. The van der Waals surface area contributed by atoms with E-state index in [9.17, 15) is 9.59 Å². The molecule has 0 heterocycles. The van der Waals surface area contributed by atoms with Crippen molar-refractivity contribution < 1.29 is 19.1 Å². The normalized spacial score (nSPS) is 10.3. The number of benzene rings is 2. The molecule has 2 aromatic rings. The molecule has 27 heavy (non-hydrogen) atoms. The van der Waals surface area contributed by atoms with Crippen LogP contribution in [-0.2, 0) is 9.59 Å². The molecule has 0 radical (unpaired) electrons. The van der Waals surface area contributed by atoms with E-state index >= 15 is 0 Å². The lowest BCUT2D eigenvalue weighted by molar-refractivity contribution is -0.131. The molecule has 144 valence electrons. The summed E-state index contributed by atoms with van der Waals surface area (Å²) in [6.45, 7) is 3.20. The maximum atomic E-state index is 11.8. The van der Waals surface area contributed by atoms with Gasteiger partial charge in [0.1, 0.15) is 11.5 Å². The number of carbonyl (C=O) groups excluding carboxylic acids is 2. The Morgan fingerprint density at radius 3 is 2.07 bits per heavy atom. The molecule has 2 N–H and O–H groups in total. The zero-order valence-electron chi connectivity index (χ0n) is 14.6. The number of carbonyl (C=O) groups is 2. The highest BCUT2D eigenvalue weighted by atomic mass is 79.9. The lowest BCUT2D eigenvalue weighted by atomic mass is 10.1. The van der Waals surface area contributed by atoms with Crippen LogP contribution in [0.3, 0.4) is 0 Å². The van der Waals surface area contributed by atoms with Crippen LogP contribution in [0, 0.1) is 13.8 Å². The summed E-state index contributed by atoms with van der Waals surface area (Å²) in [6.07, 6.45) is 0. The maximum Gasteiger partial charge on any atom is 0.276 e. The SMILES string of the molecule is Cc1cc(OCC(=O)NNC(=O)COc2ccc(Br)cc2Br)cc(C)c1Cl. The van der Waals surface area contributed by atoms with Gasteiger partial charge in [-0.1, -0.05) is 27.5 Å². The molecule has 0 fully saturated rings. The second-order valence-electron chi connectivity index (χ2n) is 5.62. The van der Waals surface area contributed by atoms with Crippen LogP contribution < -0.4 is 20.3 Å². The van der Waals surface area contributed by atoms with E-state index in [1.807, 2.05) is 13.8 Å². The van der Waals surface area contributed by atoms with Gasteiger partial charge < -0.3 is 9.47 Å². The first kappa shape index (κ1) is 21.5. The van der Waals surface area contributed by atoms with Gasteiger partial charge in [0.15, 0.2) is 13.2 Å². The Hall–Kier alpha value is -1.77. The van der Waals surface area contributed by atoms with Crippen molar-refractivity contribution in [1.29, 1.82) is 0 Å². The second kappa shape index (κ2) is 9.96. The van der Waals surface area contributed by atoms with Crippen molar-refractivity contribution in [3.63, 3.8) is 0 Å². The van der Waals surface area contributed by atoms with Gasteiger partial charge >= 0.3 is 0 Å². The number of hydrogen-bond acceptors (Lipinski definition) is 4. The van der Waals surface area contributed by atoms with Gasteiger partial charge in [-0.3, -0.25) is 20.4 Å². The number of aryl methyl sites for hydroxylation is 2. The maximum absolute atomic E-state index is 11.8. The van der Waals surface area contributed by atoms with E-state index in [4.69, 9.17) is 21.1 Å². The molecule has 0 spiro atoms. The minimum atomic E-state index is -0.503. The first-order valence-electron chi connectivity index (χ1n) is 7.81. The second-order valence-corrected chi connectivity index (χ2v) is 7.77. The summed E-state index contributed by atoms with van der Waals surface area (Å²) >= 11 is 12.8. The zero-order valence-corrected chi connectivity index (χ0v) is 18.5. The average Bonchev–Trinajstić information content (AvgIpc) is 2.61. The Balaban J connectivity index is 1.74. The molecule has 0 aliphatic rings. The first-order chi connectivity index (χ1) is 12.8. The molecule has 0 bridgehead atoms. The van der Waals surface area contributed by atoms with Gasteiger partial charge in [0, 0.05) is 9.50 Å². The summed E-state index contributed by atoms with van der Waals surface area (Å²) in [5.41, 5.74) is 6.24. The molecule has 9 heteroatoms. The van der Waals surface area contributed by atoms with Crippen LogP contribution in [-0.4, -0.2) is 25.0 Å². The Kier molecular flexibility index (Phi) is 7.94.